The number of anilines is 1. The molecule has 30 heavy (non-hydrogen) atoms. The van der Waals surface area contributed by atoms with Gasteiger partial charge < -0.3 is 10.0 Å². The standard InChI is InChI=1S/C23H22N2O4S/c1-17(14-18-8-4-2-5-9-18)15-20-22(28)25(23(29)30-20)16-21(27)24(12-13-26)19-10-6-3-7-11-19/h2-11,14-15,26H,12-13,16H2,1H3/b17-14+,20-15-. The molecule has 3 amide bonds. The minimum atomic E-state index is -0.490. The second-order valence-electron chi connectivity index (χ2n) is 6.67. The van der Waals surface area contributed by atoms with Gasteiger partial charge in [-0.05, 0) is 48.0 Å². The number of thioether (sulfide) groups is 1. The predicted octanol–water partition coefficient (Wildman–Crippen LogP) is 3.69. The number of carbonyl (C=O) groups excluding carboxylic acids is 3. The van der Waals surface area contributed by atoms with E-state index >= 15 is 0 Å². The van der Waals surface area contributed by atoms with E-state index in [0.717, 1.165) is 27.8 Å². The van der Waals surface area contributed by atoms with Crippen molar-refractivity contribution in [1.82, 2.24) is 4.90 Å². The van der Waals surface area contributed by atoms with Crippen LogP contribution in [0.4, 0.5) is 10.5 Å². The van der Waals surface area contributed by atoms with Gasteiger partial charge in [-0.2, -0.15) is 0 Å². The van der Waals surface area contributed by atoms with E-state index in [4.69, 9.17) is 0 Å². The van der Waals surface area contributed by atoms with Gasteiger partial charge in [0.1, 0.15) is 6.54 Å². The number of nitrogens with zero attached hydrogens (tertiary/aromatic N) is 2. The summed E-state index contributed by atoms with van der Waals surface area (Å²) < 4.78 is 0. The van der Waals surface area contributed by atoms with Gasteiger partial charge in [-0.3, -0.25) is 19.3 Å². The summed E-state index contributed by atoms with van der Waals surface area (Å²) in [6, 6.07) is 18.5. The van der Waals surface area contributed by atoms with E-state index in [2.05, 4.69) is 0 Å². The molecular weight excluding hydrogens is 400 g/mol. The molecule has 0 radical (unpaired) electrons. The number of benzene rings is 2. The maximum atomic E-state index is 12.8. The van der Waals surface area contributed by atoms with Crippen LogP contribution >= 0.6 is 11.8 Å². The van der Waals surface area contributed by atoms with E-state index in [1.165, 1.54) is 4.90 Å². The lowest BCUT2D eigenvalue weighted by molar-refractivity contribution is -0.128. The topological polar surface area (TPSA) is 77.9 Å². The van der Waals surface area contributed by atoms with Crippen LogP contribution in [0.5, 0.6) is 0 Å². The zero-order valence-corrected chi connectivity index (χ0v) is 17.3. The van der Waals surface area contributed by atoms with Gasteiger partial charge in [-0.1, -0.05) is 54.6 Å². The number of hydrogen-bond donors (Lipinski definition) is 1. The molecule has 0 aromatic heterocycles. The molecule has 1 aliphatic heterocycles. The van der Waals surface area contributed by atoms with Gasteiger partial charge in [-0.25, -0.2) is 0 Å². The van der Waals surface area contributed by atoms with Crippen molar-refractivity contribution < 1.29 is 19.5 Å². The largest absolute Gasteiger partial charge is 0.395 e. The quantitative estimate of drug-likeness (QED) is 0.689. The van der Waals surface area contributed by atoms with Gasteiger partial charge in [-0.15, -0.1) is 0 Å². The Morgan fingerprint density at radius 1 is 1.07 bits per heavy atom. The molecule has 0 aliphatic carbocycles. The summed E-state index contributed by atoms with van der Waals surface area (Å²) in [5, 5.41) is 8.83. The SMILES string of the molecule is CC(/C=C1\SC(=O)N(CC(=O)N(CCO)c2ccccc2)C1=O)=C\c1ccccc1. The molecule has 1 heterocycles. The van der Waals surface area contributed by atoms with Gasteiger partial charge in [0.2, 0.25) is 5.91 Å². The van der Waals surface area contributed by atoms with Gasteiger partial charge in [0, 0.05) is 12.2 Å². The summed E-state index contributed by atoms with van der Waals surface area (Å²) in [6.45, 7) is 1.32. The molecule has 0 saturated carbocycles. The predicted molar refractivity (Wildman–Crippen MR) is 119 cm³/mol. The zero-order valence-electron chi connectivity index (χ0n) is 16.5. The average Bonchev–Trinajstić information content (AvgIpc) is 3.00. The molecule has 0 bridgehead atoms. The zero-order chi connectivity index (χ0) is 21.5. The molecule has 1 saturated heterocycles. The number of aliphatic hydroxyl groups is 1. The lowest BCUT2D eigenvalue weighted by Crippen LogP contribution is -2.43. The van der Waals surface area contributed by atoms with Crippen LogP contribution in [0.1, 0.15) is 12.5 Å². The molecular formula is C23H22N2O4S. The van der Waals surface area contributed by atoms with E-state index in [1.807, 2.05) is 49.4 Å². The summed E-state index contributed by atoms with van der Waals surface area (Å²) >= 11 is 0.821. The third-order valence-corrected chi connectivity index (χ3v) is 5.32. The van der Waals surface area contributed by atoms with Crippen LogP contribution in [-0.4, -0.2) is 46.8 Å². The fourth-order valence-corrected chi connectivity index (χ4v) is 3.91. The first kappa shape index (κ1) is 21.5. The van der Waals surface area contributed by atoms with Gasteiger partial charge >= 0.3 is 0 Å². The maximum absolute atomic E-state index is 12.8. The average molecular weight is 423 g/mol. The number of hydrogen-bond acceptors (Lipinski definition) is 5. The van der Waals surface area contributed by atoms with E-state index in [1.54, 1.807) is 30.3 Å². The number of amides is 3. The highest BCUT2D eigenvalue weighted by Crippen LogP contribution is 2.32. The number of aliphatic hydroxyl groups excluding tert-OH is 1. The molecule has 0 atom stereocenters. The Morgan fingerprint density at radius 3 is 2.33 bits per heavy atom. The van der Waals surface area contributed by atoms with E-state index in [0.29, 0.717) is 5.69 Å². The Labute approximate surface area is 179 Å². The Morgan fingerprint density at radius 2 is 1.70 bits per heavy atom. The van der Waals surface area contributed by atoms with Crippen molar-refractivity contribution in [2.45, 2.75) is 6.92 Å². The van der Waals surface area contributed by atoms with Gasteiger partial charge in [0.25, 0.3) is 11.1 Å². The summed E-state index contributed by atoms with van der Waals surface area (Å²) in [4.78, 5) is 40.5. The summed E-state index contributed by atoms with van der Waals surface area (Å²) in [5.74, 6) is -0.925. The second-order valence-corrected chi connectivity index (χ2v) is 7.66. The highest BCUT2D eigenvalue weighted by Gasteiger charge is 2.37. The highest BCUT2D eigenvalue weighted by atomic mass is 32.2. The van der Waals surface area contributed by atoms with Crippen molar-refractivity contribution in [2.75, 3.05) is 24.6 Å². The number of imide groups is 1. The summed E-state index contributed by atoms with van der Waals surface area (Å²) in [5.41, 5.74) is 2.41. The normalized spacial score (nSPS) is 15.7. The number of para-hydroxylation sites is 1. The van der Waals surface area contributed by atoms with Crippen molar-refractivity contribution in [3.05, 3.63) is 82.8 Å². The Bertz CT molecular complexity index is 987. The lowest BCUT2D eigenvalue weighted by Gasteiger charge is -2.23. The van der Waals surface area contributed by atoms with Crippen molar-refractivity contribution >= 4 is 40.6 Å². The third-order valence-electron chi connectivity index (χ3n) is 4.41. The fourth-order valence-electron chi connectivity index (χ4n) is 3.02. The van der Waals surface area contributed by atoms with Crippen LogP contribution in [0.3, 0.4) is 0 Å². The van der Waals surface area contributed by atoms with Crippen molar-refractivity contribution in [3.63, 3.8) is 0 Å². The van der Waals surface area contributed by atoms with Crippen LogP contribution in [0, 0.1) is 0 Å². The van der Waals surface area contributed by atoms with Crippen LogP contribution in [0.2, 0.25) is 0 Å². The molecule has 7 heteroatoms. The molecule has 1 aliphatic rings. The first-order valence-corrected chi connectivity index (χ1v) is 10.3. The van der Waals surface area contributed by atoms with Crippen LogP contribution in [-0.2, 0) is 9.59 Å². The monoisotopic (exact) mass is 422 g/mol. The molecule has 1 fully saturated rings. The number of carbonyl (C=O) groups is 3. The van der Waals surface area contributed by atoms with Crippen LogP contribution < -0.4 is 4.90 Å². The number of rotatable bonds is 7. The molecule has 0 spiro atoms. The van der Waals surface area contributed by atoms with E-state index in [-0.39, 0.29) is 24.6 Å². The molecule has 2 aromatic rings. The van der Waals surface area contributed by atoms with Crippen LogP contribution in [0.25, 0.3) is 6.08 Å². The van der Waals surface area contributed by atoms with Gasteiger partial charge in [0.05, 0.1) is 11.5 Å². The van der Waals surface area contributed by atoms with E-state index in [9.17, 15) is 19.5 Å². The first-order chi connectivity index (χ1) is 14.5. The third kappa shape index (κ3) is 5.25. The van der Waals surface area contributed by atoms with Crippen LogP contribution in [0.15, 0.2) is 77.2 Å². The van der Waals surface area contributed by atoms with Crippen molar-refractivity contribution in [3.8, 4) is 0 Å². The smallest absolute Gasteiger partial charge is 0.294 e. The number of allylic oxidation sites excluding steroid dienone is 2. The minimum Gasteiger partial charge on any atom is -0.395 e. The molecule has 2 aromatic carbocycles. The molecule has 3 rings (SSSR count). The fraction of sp³-hybridized carbons (Fsp3) is 0.174. The lowest BCUT2D eigenvalue weighted by atomic mass is 10.1. The highest BCUT2D eigenvalue weighted by molar-refractivity contribution is 8.18. The first-order valence-electron chi connectivity index (χ1n) is 9.44. The molecule has 0 unspecified atom stereocenters. The van der Waals surface area contributed by atoms with Crippen molar-refractivity contribution in [2.24, 2.45) is 0 Å². The summed E-state index contributed by atoms with van der Waals surface area (Å²) in [6.07, 6.45) is 3.57. The van der Waals surface area contributed by atoms with Gasteiger partial charge in [0.15, 0.2) is 0 Å². The Hall–Kier alpha value is -3.16. The molecule has 1 N–H and O–H groups in total. The van der Waals surface area contributed by atoms with Crippen molar-refractivity contribution in [1.29, 1.82) is 0 Å². The minimum absolute atomic E-state index is 0.0772. The summed E-state index contributed by atoms with van der Waals surface area (Å²) in [7, 11) is 0. The molecule has 6 nitrogen and oxygen atoms in total. The second kappa shape index (κ2) is 10.0. The van der Waals surface area contributed by atoms with E-state index < -0.39 is 17.1 Å². The Balaban J connectivity index is 1.74. The Kier molecular flexibility index (Phi) is 7.21. The maximum Gasteiger partial charge on any atom is 0.294 e. The molecule has 154 valence electrons.